The van der Waals surface area contributed by atoms with Gasteiger partial charge in [0.2, 0.25) is 0 Å². The van der Waals surface area contributed by atoms with Gasteiger partial charge >= 0.3 is 51.4 Å². The Labute approximate surface area is 251 Å². The zero-order valence-corrected chi connectivity index (χ0v) is 24.3. The van der Waals surface area contributed by atoms with Crippen LogP contribution in [0.2, 0.25) is 0 Å². The van der Waals surface area contributed by atoms with Crippen molar-refractivity contribution >= 4 is 17.3 Å². The molecule has 0 saturated carbocycles. The van der Waals surface area contributed by atoms with Gasteiger partial charge in [0.25, 0.3) is 0 Å². The van der Waals surface area contributed by atoms with Gasteiger partial charge in [0.1, 0.15) is 18.5 Å². The number of benzene rings is 2. The van der Waals surface area contributed by atoms with E-state index in [2.05, 4.69) is 30.3 Å². The van der Waals surface area contributed by atoms with Gasteiger partial charge in [-0.25, -0.2) is 0 Å². The van der Waals surface area contributed by atoms with Gasteiger partial charge in [-0.2, -0.15) is 0 Å². The van der Waals surface area contributed by atoms with Gasteiger partial charge in [-0.15, -0.1) is 11.3 Å². The Morgan fingerprint density at radius 3 is 2.34 bits per heavy atom. The van der Waals surface area contributed by atoms with Crippen LogP contribution in [0.4, 0.5) is 0 Å². The van der Waals surface area contributed by atoms with E-state index in [1.54, 1.807) is 18.3 Å². The molecule has 0 saturated heterocycles. The number of hydrogen-bond acceptors (Lipinski definition) is 7. The van der Waals surface area contributed by atoms with E-state index in [9.17, 15) is 9.90 Å². The normalized spacial score (nSPS) is 11.6. The molecule has 0 amide bonds. The van der Waals surface area contributed by atoms with Crippen LogP contribution in [0.5, 0.6) is 5.75 Å². The van der Waals surface area contributed by atoms with Crippen molar-refractivity contribution in [2.24, 2.45) is 0 Å². The predicted molar refractivity (Wildman–Crippen MR) is 130 cm³/mol. The Balaban J connectivity index is 0.00000342. The van der Waals surface area contributed by atoms with Crippen molar-refractivity contribution < 1.29 is 75.3 Å². The first-order chi connectivity index (χ1) is 16.4. The van der Waals surface area contributed by atoms with Gasteiger partial charge in [-0.05, 0) is 55.7 Å². The Hall–Kier alpha value is -1.78. The molecule has 1 atom stereocenters. The molecule has 0 aliphatic rings. The average molecular weight is 516 g/mol. The molecule has 35 heavy (non-hydrogen) atoms. The molecule has 2 heterocycles. The second-order valence-electron chi connectivity index (χ2n) is 8.03. The van der Waals surface area contributed by atoms with E-state index in [0.717, 1.165) is 38.8 Å². The monoisotopic (exact) mass is 515 g/mol. The third-order valence-electron chi connectivity index (χ3n) is 5.45. The van der Waals surface area contributed by atoms with E-state index in [1.807, 2.05) is 49.4 Å². The Morgan fingerprint density at radius 2 is 1.74 bits per heavy atom. The quantitative estimate of drug-likeness (QED) is 0.300. The number of ether oxygens (including phenoxy) is 2. The standard InChI is InChI=1S/C27H27NO5S.K/c1-4-31-24(27(29)30)15-19-5-11-22(12-6-19)32-16-26-17(2)13-25(34-26)21-9-7-20(8-10-21)23-14-18(3)28-33-23;/h5-14,24H,4,15-16H2,1-3H3,(H,29,30);/q;+1/p-1/t24-;/m0./s1. The second kappa shape index (κ2) is 13.0. The van der Waals surface area contributed by atoms with Crippen molar-refractivity contribution in [2.75, 3.05) is 6.61 Å². The fraction of sp³-hybridized carbons (Fsp3) is 0.259. The molecule has 0 radical (unpaired) electrons. The van der Waals surface area contributed by atoms with E-state index < -0.39 is 12.1 Å². The Morgan fingerprint density at radius 1 is 1.06 bits per heavy atom. The van der Waals surface area contributed by atoms with Crippen LogP contribution in [0.15, 0.2) is 65.2 Å². The number of carboxylic acid groups (broad SMARTS) is 1. The summed E-state index contributed by atoms with van der Waals surface area (Å²) in [5, 5.41) is 15.1. The summed E-state index contributed by atoms with van der Waals surface area (Å²) in [6.45, 7) is 6.54. The van der Waals surface area contributed by atoms with Crippen LogP contribution in [0.3, 0.4) is 0 Å². The van der Waals surface area contributed by atoms with E-state index in [-0.39, 0.29) is 57.8 Å². The Kier molecular flexibility index (Phi) is 10.3. The SMILES string of the molecule is CCO[C@@H](Cc1ccc(OCc2sc(-c3ccc(-c4cc(C)no4)cc3)cc2C)cc1)C(=O)[O-].[K+]. The molecule has 2 aromatic carbocycles. The summed E-state index contributed by atoms with van der Waals surface area (Å²) in [4.78, 5) is 13.5. The summed E-state index contributed by atoms with van der Waals surface area (Å²) in [7, 11) is 0. The van der Waals surface area contributed by atoms with Crippen molar-refractivity contribution in [3.05, 3.63) is 82.4 Å². The van der Waals surface area contributed by atoms with Crippen LogP contribution in [0.1, 0.15) is 28.6 Å². The van der Waals surface area contributed by atoms with Crippen LogP contribution < -0.4 is 61.2 Å². The number of carbonyl (C=O) groups is 1. The second-order valence-corrected chi connectivity index (χ2v) is 9.16. The number of aryl methyl sites for hydroxylation is 2. The van der Waals surface area contributed by atoms with Gasteiger partial charge in [0.05, 0.1) is 11.7 Å². The van der Waals surface area contributed by atoms with Gasteiger partial charge in [-0.3, -0.25) is 0 Å². The maximum Gasteiger partial charge on any atom is 1.00 e. The molecule has 0 aliphatic heterocycles. The van der Waals surface area contributed by atoms with Gasteiger partial charge in [0.15, 0.2) is 5.76 Å². The number of nitrogens with zero attached hydrogens (tertiary/aromatic N) is 1. The molecular formula is C27H26KNO5S. The first-order valence-electron chi connectivity index (χ1n) is 11.1. The number of thiophene rings is 1. The fourth-order valence-corrected chi connectivity index (χ4v) is 4.69. The third-order valence-corrected chi connectivity index (χ3v) is 6.71. The zero-order chi connectivity index (χ0) is 24.1. The van der Waals surface area contributed by atoms with Crippen molar-refractivity contribution in [1.29, 1.82) is 0 Å². The molecule has 0 fully saturated rings. The van der Waals surface area contributed by atoms with Crippen molar-refractivity contribution in [3.63, 3.8) is 0 Å². The summed E-state index contributed by atoms with van der Waals surface area (Å²) in [6.07, 6.45) is -0.684. The molecule has 2 aromatic heterocycles. The minimum absolute atomic E-state index is 0. The number of aliphatic carboxylic acids is 1. The van der Waals surface area contributed by atoms with Gasteiger partial charge < -0.3 is 23.9 Å². The predicted octanol–water partition coefficient (Wildman–Crippen LogP) is 1.97. The van der Waals surface area contributed by atoms with E-state index >= 15 is 0 Å². The van der Waals surface area contributed by atoms with Crippen molar-refractivity contribution in [3.8, 4) is 27.5 Å². The molecule has 0 bridgehead atoms. The summed E-state index contributed by atoms with van der Waals surface area (Å²) in [6, 6.07) is 19.8. The average Bonchev–Trinajstić information content (AvgIpc) is 3.43. The van der Waals surface area contributed by atoms with E-state index in [0.29, 0.717) is 13.2 Å². The first kappa shape index (κ1) is 27.8. The maximum absolute atomic E-state index is 11.2. The number of hydrogen-bond donors (Lipinski definition) is 0. The van der Waals surface area contributed by atoms with Crippen LogP contribution in [0.25, 0.3) is 21.8 Å². The van der Waals surface area contributed by atoms with E-state index in [1.165, 1.54) is 10.4 Å². The topological polar surface area (TPSA) is 84.6 Å². The number of rotatable bonds is 10. The zero-order valence-electron chi connectivity index (χ0n) is 20.4. The largest absolute Gasteiger partial charge is 1.00 e. The third kappa shape index (κ3) is 7.36. The maximum atomic E-state index is 11.2. The Bertz CT molecular complexity index is 1250. The van der Waals surface area contributed by atoms with Crippen LogP contribution in [-0.2, 0) is 22.6 Å². The number of aromatic nitrogens is 1. The molecule has 8 heteroatoms. The molecule has 4 rings (SSSR count). The van der Waals surface area contributed by atoms with Gasteiger partial charge in [0, 0.05) is 34.4 Å². The molecule has 176 valence electrons. The van der Waals surface area contributed by atoms with E-state index in [4.69, 9.17) is 14.0 Å². The van der Waals surface area contributed by atoms with Crippen molar-refractivity contribution in [1.82, 2.24) is 5.16 Å². The minimum atomic E-state index is -1.20. The minimum Gasteiger partial charge on any atom is -0.547 e. The van der Waals surface area contributed by atoms with Crippen LogP contribution in [-0.4, -0.2) is 23.8 Å². The molecule has 0 aliphatic carbocycles. The molecule has 6 nitrogen and oxygen atoms in total. The summed E-state index contributed by atoms with van der Waals surface area (Å²) < 4.78 is 16.6. The fourth-order valence-electron chi connectivity index (χ4n) is 3.60. The first-order valence-corrected chi connectivity index (χ1v) is 11.9. The van der Waals surface area contributed by atoms with Crippen LogP contribution in [0, 0.1) is 13.8 Å². The van der Waals surface area contributed by atoms with Crippen LogP contribution >= 0.6 is 11.3 Å². The molecule has 0 N–H and O–H groups in total. The molecular weight excluding hydrogens is 489 g/mol. The van der Waals surface area contributed by atoms with Crippen molar-refractivity contribution in [2.45, 2.75) is 39.9 Å². The number of carbonyl (C=O) groups excluding carboxylic acids is 1. The van der Waals surface area contributed by atoms with Gasteiger partial charge in [-0.1, -0.05) is 41.6 Å². The summed E-state index contributed by atoms with van der Waals surface area (Å²) >= 11 is 1.71. The molecule has 0 unspecified atom stereocenters. The summed E-state index contributed by atoms with van der Waals surface area (Å²) in [5.41, 5.74) is 5.03. The smallest absolute Gasteiger partial charge is 0.547 e. The number of carboxylic acids is 1. The molecule has 0 spiro atoms. The summed E-state index contributed by atoms with van der Waals surface area (Å²) in [5.74, 6) is 0.291. The molecule has 4 aromatic rings.